The minimum absolute atomic E-state index is 0.0396. The maximum absolute atomic E-state index is 11.9. The summed E-state index contributed by atoms with van der Waals surface area (Å²) >= 11 is 0. The van der Waals surface area contributed by atoms with Crippen molar-refractivity contribution in [3.8, 4) is 0 Å². The molecule has 0 atom stereocenters. The monoisotopic (exact) mass is 201 g/mol. The van der Waals surface area contributed by atoms with E-state index in [1.807, 2.05) is 20.9 Å². The molecule has 0 bridgehead atoms. The van der Waals surface area contributed by atoms with E-state index in [0.29, 0.717) is 19.4 Å². The van der Waals surface area contributed by atoms with Crippen LogP contribution in [0.2, 0.25) is 0 Å². The zero-order chi connectivity index (χ0) is 11.2. The molecule has 4 nitrogen and oxygen atoms in total. The number of hydrogen-bond acceptors (Lipinski definition) is 3. The van der Waals surface area contributed by atoms with Gasteiger partial charge in [-0.25, -0.2) is 0 Å². The van der Waals surface area contributed by atoms with Crippen molar-refractivity contribution in [1.82, 2.24) is 10.2 Å². The number of carbonyl (C=O) groups excluding carboxylic acids is 1. The molecule has 0 aliphatic carbocycles. The second-order valence-corrected chi connectivity index (χ2v) is 3.69. The molecule has 0 radical (unpaired) electrons. The molecule has 0 spiro atoms. The Bertz CT molecular complexity index is 178. The van der Waals surface area contributed by atoms with Crippen molar-refractivity contribution in [2.24, 2.45) is 5.73 Å². The number of hydrogen-bond donors (Lipinski definition) is 2. The molecule has 0 saturated heterocycles. The maximum atomic E-state index is 11.9. The van der Waals surface area contributed by atoms with E-state index in [-0.39, 0.29) is 5.91 Å². The number of carbonyl (C=O) groups is 1. The lowest BCUT2D eigenvalue weighted by atomic mass is 9.92. The number of nitrogens with zero attached hydrogens (tertiary/aromatic N) is 1. The highest BCUT2D eigenvalue weighted by Gasteiger charge is 2.32. The maximum Gasteiger partial charge on any atom is 0.242 e. The second kappa shape index (κ2) is 5.98. The molecule has 0 saturated carbocycles. The lowest BCUT2D eigenvalue weighted by molar-refractivity contribution is -0.135. The van der Waals surface area contributed by atoms with E-state index in [2.05, 4.69) is 5.32 Å². The van der Waals surface area contributed by atoms with Crippen LogP contribution < -0.4 is 11.1 Å². The Morgan fingerprint density at radius 1 is 1.43 bits per heavy atom. The molecule has 0 aliphatic rings. The summed E-state index contributed by atoms with van der Waals surface area (Å²) in [5, 5.41) is 3.01. The third-order valence-corrected chi connectivity index (χ3v) is 2.73. The minimum atomic E-state index is -0.678. The molecule has 3 N–H and O–H groups in total. The average molecular weight is 201 g/mol. The fourth-order valence-corrected chi connectivity index (χ4v) is 1.31. The van der Waals surface area contributed by atoms with E-state index < -0.39 is 5.54 Å². The zero-order valence-electron chi connectivity index (χ0n) is 9.76. The van der Waals surface area contributed by atoms with Gasteiger partial charge in [0.05, 0.1) is 5.54 Å². The Morgan fingerprint density at radius 2 is 1.93 bits per heavy atom. The van der Waals surface area contributed by atoms with Crippen molar-refractivity contribution >= 4 is 5.91 Å². The molecule has 1 amide bonds. The van der Waals surface area contributed by atoms with Gasteiger partial charge in [0.2, 0.25) is 5.91 Å². The first kappa shape index (κ1) is 13.4. The zero-order valence-corrected chi connectivity index (χ0v) is 9.76. The predicted octanol–water partition coefficient (Wildman–Crippen LogP) is 0.182. The average Bonchev–Trinajstić information content (AvgIpc) is 2.23. The third-order valence-electron chi connectivity index (χ3n) is 2.73. The number of rotatable bonds is 6. The summed E-state index contributed by atoms with van der Waals surface area (Å²) in [6.45, 7) is 5.40. The molecule has 84 valence electrons. The normalized spacial score (nSPS) is 11.5. The lowest BCUT2D eigenvalue weighted by Gasteiger charge is -2.30. The van der Waals surface area contributed by atoms with Gasteiger partial charge in [-0.15, -0.1) is 0 Å². The van der Waals surface area contributed by atoms with E-state index in [0.717, 1.165) is 6.54 Å². The van der Waals surface area contributed by atoms with Crippen molar-refractivity contribution in [3.63, 3.8) is 0 Å². The molecule has 0 rings (SSSR count). The van der Waals surface area contributed by atoms with Crippen LogP contribution in [0.3, 0.4) is 0 Å². The Labute approximate surface area is 86.8 Å². The quantitative estimate of drug-likeness (QED) is 0.644. The molecule has 0 aromatic rings. The topological polar surface area (TPSA) is 58.4 Å². The summed E-state index contributed by atoms with van der Waals surface area (Å²) in [4.78, 5) is 13.6. The molecule has 0 fully saturated rings. The number of nitrogens with one attached hydrogen (secondary N) is 1. The van der Waals surface area contributed by atoms with Crippen LogP contribution in [0.15, 0.2) is 0 Å². The van der Waals surface area contributed by atoms with Gasteiger partial charge < -0.3 is 16.0 Å². The Morgan fingerprint density at radius 3 is 2.29 bits per heavy atom. The standard InChI is InChI=1S/C10H23N3O/c1-5-10(11,6-2)9(14)13(4)8-7-12-3/h12H,5-8,11H2,1-4H3. The first-order chi connectivity index (χ1) is 6.51. The SMILES string of the molecule is CCC(N)(CC)C(=O)N(C)CCNC. The molecule has 0 heterocycles. The van der Waals surface area contributed by atoms with E-state index in [1.165, 1.54) is 0 Å². The highest BCUT2D eigenvalue weighted by molar-refractivity contribution is 5.85. The van der Waals surface area contributed by atoms with Gasteiger partial charge in [0.1, 0.15) is 0 Å². The second-order valence-electron chi connectivity index (χ2n) is 3.69. The van der Waals surface area contributed by atoms with Crippen LogP contribution in [-0.4, -0.2) is 43.5 Å². The van der Waals surface area contributed by atoms with Gasteiger partial charge >= 0.3 is 0 Å². The van der Waals surface area contributed by atoms with E-state index >= 15 is 0 Å². The first-order valence-electron chi connectivity index (χ1n) is 5.20. The fraction of sp³-hybridized carbons (Fsp3) is 0.900. The number of likely N-dealkylation sites (N-methyl/N-ethyl adjacent to an activating group) is 2. The van der Waals surface area contributed by atoms with Gasteiger partial charge in [-0.3, -0.25) is 4.79 Å². The van der Waals surface area contributed by atoms with Gasteiger partial charge in [0.25, 0.3) is 0 Å². The summed E-state index contributed by atoms with van der Waals surface area (Å²) in [6, 6.07) is 0. The Hall–Kier alpha value is -0.610. The van der Waals surface area contributed by atoms with Crippen molar-refractivity contribution in [2.45, 2.75) is 32.2 Å². The van der Waals surface area contributed by atoms with Crippen LogP contribution in [0.5, 0.6) is 0 Å². The van der Waals surface area contributed by atoms with Gasteiger partial charge in [-0.05, 0) is 19.9 Å². The van der Waals surface area contributed by atoms with E-state index in [9.17, 15) is 4.79 Å². The summed E-state index contributed by atoms with van der Waals surface area (Å²) in [7, 11) is 3.67. The van der Waals surface area contributed by atoms with Gasteiger partial charge in [-0.1, -0.05) is 13.8 Å². The van der Waals surface area contributed by atoms with E-state index in [1.54, 1.807) is 11.9 Å². The molecule has 4 heteroatoms. The summed E-state index contributed by atoms with van der Waals surface area (Å²) in [5.41, 5.74) is 5.32. The summed E-state index contributed by atoms with van der Waals surface area (Å²) in [6.07, 6.45) is 1.37. The van der Waals surface area contributed by atoms with Crippen LogP contribution in [0.25, 0.3) is 0 Å². The highest BCUT2D eigenvalue weighted by Crippen LogP contribution is 2.13. The van der Waals surface area contributed by atoms with Gasteiger partial charge in [0.15, 0.2) is 0 Å². The number of amides is 1. The summed E-state index contributed by atoms with van der Waals surface area (Å²) < 4.78 is 0. The third kappa shape index (κ3) is 3.27. The van der Waals surface area contributed by atoms with Crippen molar-refractivity contribution in [2.75, 3.05) is 27.2 Å². The molecule has 0 unspecified atom stereocenters. The Balaban J connectivity index is 4.28. The largest absolute Gasteiger partial charge is 0.343 e. The van der Waals surface area contributed by atoms with Crippen LogP contribution in [0.1, 0.15) is 26.7 Å². The first-order valence-corrected chi connectivity index (χ1v) is 5.20. The number of nitrogens with two attached hydrogens (primary N) is 1. The van der Waals surface area contributed by atoms with Gasteiger partial charge in [0, 0.05) is 20.1 Å². The summed E-state index contributed by atoms with van der Waals surface area (Å²) in [5.74, 6) is 0.0396. The molecule has 14 heavy (non-hydrogen) atoms. The molecule has 0 aromatic carbocycles. The van der Waals surface area contributed by atoms with Crippen molar-refractivity contribution in [1.29, 1.82) is 0 Å². The smallest absolute Gasteiger partial charge is 0.242 e. The highest BCUT2D eigenvalue weighted by atomic mass is 16.2. The van der Waals surface area contributed by atoms with Crippen LogP contribution in [-0.2, 0) is 4.79 Å². The van der Waals surface area contributed by atoms with Crippen LogP contribution >= 0.6 is 0 Å². The predicted molar refractivity (Wildman–Crippen MR) is 59.1 cm³/mol. The molecule has 0 aromatic heterocycles. The molecule has 0 aliphatic heterocycles. The molecular formula is C10H23N3O. The van der Waals surface area contributed by atoms with Crippen LogP contribution in [0, 0.1) is 0 Å². The van der Waals surface area contributed by atoms with Crippen LogP contribution in [0.4, 0.5) is 0 Å². The Kier molecular flexibility index (Phi) is 5.72. The van der Waals surface area contributed by atoms with Gasteiger partial charge in [-0.2, -0.15) is 0 Å². The van der Waals surface area contributed by atoms with Crippen molar-refractivity contribution < 1.29 is 4.79 Å². The lowest BCUT2D eigenvalue weighted by Crippen LogP contribution is -2.54. The van der Waals surface area contributed by atoms with Crippen molar-refractivity contribution in [3.05, 3.63) is 0 Å². The molecular weight excluding hydrogens is 178 g/mol. The van der Waals surface area contributed by atoms with E-state index in [4.69, 9.17) is 5.73 Å². The minimum Gasteiger partial charge on any atom is -0.343 e. The fourth-order valence-electron chi connectivity index (χ4n) is 1.31.